The molecule has 0 aromatic heterocycles. The maximum atomic E-state index is 13.5. The molecule has 5 heteroatoms. The highest BCUT2D eigenvalue weighted by Crippen LogP contribution is 2.31. The summed E-state index contributed by atoms with van der Waals surface area (Å²) in [6.45, 7) is 1.50. The van der Waals surface area contributed by atoms with Crippen LogP contribution in [0.3, 0.4) is 0 Å². The maximum Gasteiger partial charge on any atom is 0.257 e. The number of para-hydroxylation sites is 1. The van der Waals surface area contributed by atoms with E-state index in [-0.39, 0.29) is 24.0 Å². The molecule has 5 nitrogen and oxygen atoms in total. The van der Waals surface area contributed by atoms with E-state index in [9.17, 15) is 9.59 Å². The topological polar surface area (TPSA) is 49.9 Å². The Morgan fingerprint density at radius 1 is 0.879 bits per heavy atom. The number of carbonyl (C=O) groups excluding carboxylic acids is 2. The molecule has 0 unspecified atom stereocenters. The quantitative estimate of drug-likeness (QED) is 0.643. The van der Waals surface area contributed by atoms with Crippen molar-refractivity contribution < 1.29 is 14.3 Å². The Bertz CT molecular complexity index is 930. The second-order valence-corrected chi connectivity index (χ2v) is 9.39. The van der Waals surface area contributed by atoms with Crippen LogP contribution in [0.2, 0.25) is 0 Å². The van der Waals surface area contributed by atoms with Gasteiger partial charge in [-0.15, -0.1) is 0 Å². The molecule has 0 spiro atoms. The molecule has 2 aromatic carbocycles. The lowest BCUT2D eigenvalue weighted by atomic mass is 9.90. The van der Waals surface area contributed by atoms with E-state index in [1.165, 1.54) is 0 Å². The van der Waals surface area contributed by atoms with Gasteiger partial charge in [-0.05, 0) is 49.8 Å². The molecular weight excluding hydrogens is 412 g/mol. The van der Waals surface area contributed by atoms with Crippen molar-refractivity contribution in [3.8, 4) is 5.75 Å². The molecule has 2 amide bonds. The van der Waals surface area contributed by atoms with Crippen LogP contribution in [-0.4, -0.2) is 53.9 Å². The normalized spacial score (nSPS) is 22.5. The lowest BCUT2D eigenvalue weighted by Gasteiger charge is -2.40. The van der Waals surface area contributed by atoms with Crippen molar-refractivity contribution in [2.45, 2.75) is 69.9 Å². The van der Waals surface area contributed by atoms with Gasteiger partial charge in [0.1, 0.15) is 11.9 Å². The van der Waals surface area contributed by atoms with E-state index in [1.54, 1.807) is 0 Å². The van der Waals surface area contributed by atoms with Crippen molar-refractivity contribution in [2.24, 2.45) is 0 Å². The number of hydrogen-bond acceptors (Lipinski definition) is 3. The summed E-state index contributed by atoms with van der Waals surface area (Å²) in [5.74, 6) is 0.823. The third-order valence-electron chi connectivity index (χ3n) is 6.97. The summed E-state index contributed by atoms with van der Waals surface area (Å²) >= 11 is 0. The number of carbonyl (C=O) groups is 2. The molecule has 0 N–H and O–H groups in total. The number of nitrogens with zero attached hydrogens (tertiary/aromatic N) is 2. The minimum absolute atomic E-state index is 0.00651. The number of benzene rings is 2. The summed E-state index contributed by atoms with van der Waals surface area (Å²) in [5, 5.41) is 0. The largest absolute Gasteiger partial charge is 0.487 e. The summed E-state index contributed by atoms with van der Waals surface area (Å²) < 4.78 is 6.55. The van der Waals surface area contributed by atoms with E-state index in [4.69, 9.17) is 4.74 Å². The molecule has 0 radical (unpaired) electrons. The van der Waals surface area contributed by atoms with E-state index in [0.717, 1.165) is 70.0 Å². The van der Waals surface area contributed by atoms with Gasteiger partial charge < -0.3 is 14.5 Å². The SMILES string of the molecule is CN1CCCCCCN(C(=O)Cc2ccccc2)[C@@H]2CCCC[C@@H]2Oc2ccccc2C1=O. The first kappa shape index (κ1) is 23.3. The van der Waals surface area contributed by atoms with Gasteiger partial charge in [-0.3, -0.25) is 9.59 Å². The van der Waals surface area contributed by atoms with Gasteiger partial charge in [-0.25, -0.2) is 0 Å². The molecule has 1 saturated carbocycles. The van der Waals surface area contributed by atoms with Crippen LogP contribution in [0.5, 0.6) is 5.75 Å². The van der Waals surface area contributed by atoms with Crippen LogP contribution in [-0.2, 0) is 11.2 Å². The summed E-state index contributed by atoms with van der Waals surface area (Å²) in [6, 6.07) is 17.6. The number of hydrogen-bond donors (Lipinski definition) is 0. The van der Waals surface area contributed by atoms with E-state index < -0.39 is 0 Å². The third-order valence-corrected chi connectivity index (χ3v) is 6.97. The first-order chi connectivity index (χ1) is 16.1. The lowest BCUT2D eigenvalue weighted by Crippen LogP contribution is -2.51. The van der Waals surface area contributed by atoms with Gasteiger partial charge in [0.25, 0.3) is 5.91 Å². The highest BCUT2D eigenvalue weighted by molar-refractivity contribution is 5.96. The highest BCUT2D eigenvalue weighted by atomic mass is 16.5. The Morgan fingerprint density at radius 3 is 2.39 bits per heavy atom. The predicted octanol–water partition coefficient (Wildman–Crippen LogP) is 5.09. The molecule has 4 rings (SSSR count). The number of fused-ring (bicyclic) bond motifs is 2. The molecule has 176 valence electrons. The Hall–Kier alpha value is -2.82. The zero-order chi connectivity index (χ0) is 23.0. The third kappa shape index (κ3) is 5.95. The van der Waals surface area contributed by atoms with E-state index >= 15 is 0 Å². The van der Waals surface area contributed by atoms with E-state index in [1.807, 2.05) is 66.5 Å². The van der Waals surface area contributed by atoms with Crippen LogP contribution in [0, 0.1) is 0 Å². The fraction of sp³-hybridized carbons (Fsp3) is 0.500. The van der Waals surface area contributed by atoms with Crippen LogP contribution in [0.25, 0.3) is 0 Å². The molecule has 2 atom stereocenters. The predicted molar refractivity (Wildman–Crippen MR) is 130 cm³/mol. The second kappa shape index (κ2) is 11.4. The van der Waals surface area contributed by atoms with Gasteiger partial charge in [-0.2, -0.15) is 0 Å². The highest BCUT2D eigenvalue weighted by Gasteiger charge is 2.35. The van der Waals surface area contributed by atoms with Crippen LogP contribution in [0.15, 0.2) is 54.6 Å². The number of ether oxygens (including phenoxy) is 1. The maximum absolute atomic E-state index is 13.5. The molecule has 0 saturated heterocycles. The molecule has 0 bridgehead atoms. The van der Waals surface area contributed by atoms with Crippen LogP contribution >= 0.6 is 0 Å². The smallest absolute Gasteiger partial charge is 0.257 e. The fourth-order valence-electron chi connectivity index (χ4n) is 5.12. The van der Waals surface area contributed by atoms with Gasteiger partial charge >= 0.3 is 0 Å². The summed E-state index contributed by atoms with van der Waals surface area (Å²) in [4.78, 5) is 30.5. The Labute approximate surface area is 197 Å². The minimum atomic E-state index is -0.0966. The van der Waals surface area contributed by atoms with Crippen LogP contribution in [0.4, 0.5) is 0 Å². The van der Waals surface area contributed by atoms with Crippen LogP contribution in [0.1, 0.15) is 67.3 Å². The molecule has 1 aliphatic carbocycles. The van der Waals surface area contributed by atoms with Crippen molar-refractivity contribution in [2.75, 3.05) is 20.1 Å². The van der Waals surface area contributed by atoms with Crippen LogP contribution < -0.4 is 4.74 Å². The molecule has 2 aliphatic rings. The number of rotatable bonds is 2. The average molecular weight is 449 g/mol. The Morgan fingerprint density at radius 2 is 1.58 bits per heavy atom. The minimum Gasteiger partial charge on any atom is -0.487 e. The second-order valence-electron chi connectivity index (χ2n) is 9.39. The summed E-state index contributed by atoms with van der Waals surface area (Å²) in [5.41, 5.74) is 1.66. The van der Waals surface area contributed by atoms with Crippen molar-refractivity contribution in [1.29, 1.82) is 0 Å². The molecule has 2 aromatic rings. The standard InChI is InChI=1S/C28H36N2O3/c1-29-19-11-2-3-12-20-30(27(31)21-22-13-5-4-6-14-22)24-16-8-10-18-26(24)33-25-17-9-7-15-23(25)28(29)32/h4-7,9,13-15,17,24,26H,2-3,8,10-12,16,18-21H2,1H3/t24-,26+/m1/s1. The Kier molecular flexibility index (Phi) is 8.03. The lowest BCUT2D eigenvalue weighted by molar-refractivity contribution is -0.136. The summed E-state index contributed by atoms with van der Waals surface area (Å²) in [6.07, 6.45) is 8.43. The zero-order valence-electron chi connectivity index (χ0n) is 19.7. The summed E-state index contributed by atoms with van der Waals surface area (Å²) in [7, 11) is 1.87. The van der Waals surface area contributed by atoms with E-state index in [2.05, 4.69) is 4.90 Å². The molecule has 1 aliphatic heterocycles. The molecule has 33 heavy (non-hydrogen) atoms. The van der Waals surface area contributed by atoms with Gasteiger partial charge in [-0.1, -0.05) is 61.7 Å². The van der Waals surface area contributed by atoms with Gasteiger partial charge in [0.05, 0.1) is 18.0 Å². The van der Waals surface area contributed by atoms with Gasteiger partial charge in [0, 0.05) is 20.1 Å². The monoisotopic (exact) mass is 448 g/mol. The van der Waals surface area contributed by atoms with Crippen molar-refractivity contribution >= 4 is 11.8 Å². The first-order valence-electron chi connectivity index (χ1n) is 12.5. The average Bonchev–Trinajstić information content (AvgIpc) is 2.84. The van der Waals surface area contributed by atoms with E-state index in [0.29, 0.717) is 17.7 Å². The zero-order valence-corrected chi connectivity index (χ0v) is 19.7. The van der Waals surface area contributed by atoms with Crippen molar-refractivity contribution in [3.63, 3.8) is 0 Å². The first-order valence-corrected chi connectivity index (χ1v) is 12.5. The molecule has 1 fully saturated rings. The van der Waals surface area contributed by atoms with Gasteiger partial charge in [0.15, 0.2) is 0 Å². The molecular formula is C28H36N2O3. The molecule has 1 heterocycles. The van der Waals surface area contributed by atoms with Crippen molar-refractivity contribution in [3.05, 3.63) is 65.7 Å². The van der Waals surface area contributed by atoms with Crippen molar-refractivity contribution in [1.82, 2.24) is 9.80 Å². The fourth-order valence-corrected chi connectivity index (χ4v) is 5.12. The number of amides is 2. The Balaban J connectivity index is 1.62. The van der Waals surface area contributed by atoms with Gasteiger partial charge in [0.2, 0.25) is 5.91 Å².